The van der Waals surface area contributed by atoms with Crippen molar-refractivity contribution < 1.29 is 9.84 Å². The second-order valence-electron chi connectivity index (χ2n) is 6.08. The van der Waals surface area contributed by atoms with Gasteiger partial charge in [-0.25, -0.2) is 0 Å². The Kier molecular flexibility index (Phi) is 9.73. The van der Waals surface area contributed by atoms with Crippen LogP contribution in [0, 0.1) is 0 Å². The number of ether oxygens (including phenoxy) is 1. The summed E-state index contributed by atoms with van der Waals surface area (Å²) in [5, 5.41) is 12.3. The van der Waals surface area contributed by atoms with Crippen LogP contribution < -0.4 is 5.32 Å². The highest BCUT2D eigenvalue weighted by molar-refractivity contribution is 5.85. The van der Waals surface area contributed by atoms with Crippen molar-refractivity contribution in [2.45, 2.75) is 64.2 Å². The smallest absolute Gasteiger partial charge is 0.0721 e. The summed E-state index contributed by atoms with van der Waals surface area (Å²) in [5.74, 6) is 0. The van der Waals surface area contributed by atoms with Gasteiger partial charge in [-0.05, 0) is 30.4 Å². The molecule has 1 aliphatic rings. The maximum absolute atomic E-state index is 9.09. The Labute approximate surface area is 140 Å². The summed E-state index contributed by atoms with van der Waals surface area (Å²) in [4.78, 5) is 0. The fourth-order valence-electron chi connectivity index (χ4n) is 2.82. The highest BCUT2D eigenvalue weighted by Gasteiger charge is 2.23. The zero-order chi connectivity index (χ0) is 14.9. The first kappa shape index (κ1) is 19.4. The predicted molar refractivity (Wildman–Crippen MR) is 93.6 cm³/mol. The van der Waals surface area contributed by atoms with Gasteiger partial charge in [-0.3, -0.25) is 0 Å². The van der Waals surface area contributed by atoms with E-state index in [9.17, 15) is 0 Å². The lowest BCUT2D eigenvalue weighted by molar-refractivity contribution is 0.0512. The molecule has 1 aliphatic heterocycles. The zero-order valence-corrected chi connectivity index (χ0v) is 14.4. The molecule has 3 nitrogen and oxygen atoms in total. The normalized spacial score (nSPS) is 20.8. The molecule has 0 spiro atoms. The first-order valence-corrected chi connectivity index (χ1v) is 8.35. The molecular weight excluding hydrogens is 298 g/mol. The van der Waals surface area contributed by atoms with E-state index in [1.54, 1.807) is 0 Å². The number of aryl methyl sites for hydroxylation is 1. The number of rotatable bonds is 9. The third-order valence-electron chi connectivity index (χ3n) is 4.23. The van der Waals surface area contributed by atoms with Gasteiger partial charge >= 0.3 is 0 Å². The summed E-state index contributed by atoms with van der Waals surface area (Å²) in [6.45, 7) is 3.96. The minimum Gasteiger partial charge on any atom is -0.395 e. The van der Waals surface area contributed by atoms with Crippen molar-refractivity contribution in [1.29, 1.82) is 0 Å². The molecule has 22 heavy (non-hydrogen) atoms. The molecule has 0 radical (unpaired) electrons. The molecule has 4 heteroatoms. The molecule has 0 amide bonds. The molecule has 0 unspecified atom stereocenters. The van der Waals surface area contributed by atoms with E-state index in [1.165, 1.54) is 43.2 Å². The van der Waals surface area contributed by atoms with Crippen molar-refractivity contribution in [3.8, 4) is 0 Å². The van der Waals surface area contributed by atoms with Crippen molar-refractivity contribution >= 4 is 12.4 Å². The Morgan fingerprint density at radius 2 is 1.86 bits per heavy atom. The third-order valence-corrected chi connectivity index (χ3v) is 4.23. The molecule has 1 heterocycles. The average molecular weight is 328 g/mol. The van der Waals surface area contributed by atoms with E-state index >= 15 is 0 Å². The molecule has 0 aromatic heterocycles. The number of hydrogen-bond acceptors (Lipinski definition) is 3. The predicted octanol–water partition coefficient (Wildman–Crippen LogP) is 3.47. The van der Waals surface area contributed by atoms with Gasteiger partial charge in [0, 0.05) is 12.6 Å². The highest BCUT2D eigenvalue weighted by Crippen LogP contribution is 2.14. The average Bonchev–Trinajstić information content (AvgIpc) is 2.99. The van der Waals surface area contributed by atoms with Gasteiger partial charge < -0.3 is 15.2 Å². The maximum Gasteiger partial charge on any atom is 0.0721 e. The lowest BCUT2D eigenvalue weighted by atomic mass is 10.0. The number of halogens is 1. The van der Waals surface area contributed by atoms with Crippen LogP contribution in [0.4, 0.5) is 0 Å². The van der Waals surface area contributed by atoms with Crippen LogP contribution in [0.25, 0.3) is 0 Å². The van der Waals surface area contributed by atoms with Crippen LogP contribution in [0.5, 0.6) is 0 Å². The summed E-state index contributed by atoms with van der Waals surface area (Å²) in [6.07, 6.45) is 7.59. The van der Waals surface area contributed by atoms with Gasteiger partial charge in [0.25, 0.3) is 0 Å². The molecule has 0 saturated carbocycles. The monoisotopic (exact) mass is 327 g/mol. The van der Waals surface area contributed by atoms with Crippen LogP contribution in [0.1, 0.15) is 50.2 Å². The van der Waals surface area contributed by atoms with Gasteiger partial charge in [-0.15, -0.1) is 12.4 Å². The largest absolute Gasteiger partial charge is 0.395 e. The fraction of sp³-hybridized carbons (Fsp3) is 0.667. The molecule has 1 saturated heterocycles. The van der Waals surface area contributed by atoms with E-state index in [0.29, 0.717) is 6.61 Å². The molecule has 2 atom stereocenters. The minimum absolute atomic E-state index is 0. The molecule has 2 rings (SSSR count). The molecule has 0 aliphatic carbocycles. The summed E-state index contributed by atoms with van der Waals surface area (Å²) < 4.78 is 5.90. The first-order valence-electron chi connectivity index (χ1n) is 8.35. The summed E-state index contributed by atoms with van der Waals surface area (Å²) >= 11 is 0. The molecule has 1 aromatic carbocycles. The van der Waals surface area contributed by atoms with E-state index in [0.717, 1.165) is 13.0 Å². The van der Waals surface area contributed by atoms with Crippen molar-refractivity contribution in [2.75, 3.05) is 13.2 Å². The standard InChI is InChI=1S/C18H29NO2.ClH/c1-2-3-4-5-6-15-7-9-16(10-8-15)14-21-18-11-17(13-20)19-12-18;/h7-10,17-20H,2-6,11-14H2,1H3;1H/t17-,18+;/m1./s1. The van der Waals surface area contributed by atoms with Crippen molar-refractivity contribution in [3.05, 3.63) is 35.4 Å². The zero-order valence-electron chi connectivity index (χ0n) is 13.6. The van der Waals surface area contributed by atoms with E-state index in [4.69, 9.17) is 9.84 Å². The van der Waals surface area contributed by atoms with E-state index < -0.39 is 0 Å². The van der Waals surface area contributed by atoms with E-state index in [-0.39, 0.29) is 31.2 Å². The maximum atomic E-state index is 9.09. The molecule has 126 valence electrons. The number of benzene rings is 1. The van der Waals surface area contributed by atoms with Gasteiger partial charge in [0.2, 0.25) is 0 Å². The van der Waals surface area contributed by atoms with Crippen LogP contribution in [0.2, 0.25) is 0 Å². The summed E-state index contributed by atoms with van der Waals surface area (Å²) in [5.41, 5.74) is 2.66. The van der Waals surface area contributed by atoms with Crippen LogP contribution in [0.15, 0.2) is 24.3 Å². The Hall–Kier alpha value is -0.610. The van der Waals surface area contributed by atoms with E-state index in [2.05, 4.69) is 36.5 Å². The van der Waals surface area contributed by atoms with Gasteiger partial charge in [0.15, 0.2) is 0 Å². The highest BCUT2D eigenvalue weighted by atomic mass is 35.5. The van der Waals surface area contributed by atoms with Gasteiger partial charge in [0.1, 0.15) is 0 Å². The second kappa shape index (κ2) is 11.0. The number of aliphatic hydroxyl groups is 1. The van der Waals surface area contributed by atoms with Crippen molar-refractivity contribution in [1.82, 2.24) is 5.32 Å². The summed E-state index contributed by atoms with van der Waals surface area (Å²) in [7, 11) is 0. The third kappa shape index (κ3) is 6.66. The van der Waals surface area contributed by atoms with Crippen LogP contribution >= 0.6 is 12.4 Å². The molecule has 0 bridgehead atoms. The number of nitrogens with one attached hydrogen (secondary N) is 1. The topological polar surface area (TPSA) is 41.5 Å². The molecule has 1 aromatic rings. The minimum atomic E-state index is 0. The number of hydrogen-bond donors (Lipinski definition) is 2. The number of unbranched alkanes of at least 4 members (excludes halogenated alkanes) is 3. The Morgan fingerprint density at radius 1 is 1.14 bits per heavy atom. The Morgan fingerprint density at radius 3 is 2.50 bits per heavy atom. The number of aliphatic hydroxyl groups excluding tert-OH is 1. The van der Waals surface area contributed by atoms with E-state index in [1.807, 2.05) is 0 Å². The lowest BCUT2D eigenvalue weighted by Gasteiger charge is -2.11. The lowest BCUT2D eigenvalue weighted by Crippen LogP contribution is -2.24. The van der Waals surface area contributed by atoms with Gasteiger partial charge in [-0.1, -0.05) is 50.5 Å². The first-order chi connectivity index (χ1) is 10.3. The molecule has 1 fully saturated rings. The Bertz CT molecular complexity index is 397. The summed E-state index contributed by atoms with van der Waals surface area (Å²) in [6, 6.07) is 9.03. The van der Waals surface area contributed by atoms with Crippen molar-refractivity contribution in [2.24, 2.45) is 0 Å². The van der Waals surface area contributed by atoms with Crippen molar-refractivity contribution in [3.63, 3.8) is 0 Å². The van der Waals surface area contributed by atoms with Gasteiger partial charge in [-0.2, -0.15) is 0 Å². The quantitative estimate of drug-likeness (QED) is 0.682. The fourth-order valence-corrected chi connectivity index (χ4v) is 2.82. The molecule has 2 N–H and O–H groups in total. The second-order valence-corrected chi connectivity index (χ2v) is 6.08. The van der Waals surface area contributed by atoms with Crippen LogP contribution in [-0.4, -0.2) is 30.4 Å². The Balaban J connectivity index is 0.00000242. The van der Waals surface area contributed by atoms with Gasteiger partial charge in [0.05, 0.1) is 19.3 Å². The SMILES string of the molecule is CCCCCCc1ccc(CO[C@@H]2CN[C@@H](CO)C2)cc1.Cl. The molecular formula is C18H30ClNO2. The van der Waals surface area contributed by atoms with Crippen LogP contribution in [0.3, 0.4) is 0 Å². The van der Waals surface area contributed by atoms with Crippen LogP contribution in [-0.2, 0) is 17.8 Å².